The monoisotopic (exact) mass is 528 g/mol. The van der Waals surface area contributed by atoms with Gasteiger partial charge in [0.15, 0.2) is 5.82 Å². The molecule has 2 aromatic carbocycles. The van der Waals surface area contributed by atoms with Crippen molar-refractivity contribution in [1.82, 2.24) is 30.1 Å². The second-order valence-corrected chi connectivity index (χ2v) is 10.6. The molecule has 11 heteroatoms. The summed E-state index contributed by atoms with van der Waals surface area (Å²) in [4.78, 5) is 31.9. The molecule has 1 saturated carbocycles. The number of aromatic amines is 1. The molecular formula is C28H32N8O3. The van der Waals surface area contributed by atoms with E-state index in [1.54, 1.807) is 24.3 Å². The molecule has 0 bridgehead atoms. The Morgan fingerprint density at radius 3 is 2.49 bits per heavy atom. The number of non-ortho nitro benzene ring substituents is 1. The van der Waals surface area contributed by atoms with Crippen LogP contribution in [0.3, 0.4) is 0 Å². The minimum Gasteiger partial charge on any atom is -0.369 e. The van der Waals surface area contributed by atoms with Crippen LogP contribution in [0.25, 0.3) is 10.9 Å². The highest BCUT2D eigenvalue weighted by molar-refractivity contribution is 5.82. The number of H-pyrrole nitrogens is 1. The van der Waals surface area contributed by atoms with Gasteiger partial charge in [-0.1, -0.05) is 37.5 Å². The number of nitro benzene ring substituents is 1. The molecule has 1 atom stereocenters. The second-order valence-electron chi connectivity index (χ2n) is 10.6. The lowest BCUT2D eigenvalue weighted by Gasteiger charge is -2.40. The number of aryl methyl sites for hydroxylation is 1. The molecule has 0 radical (unpaired) electrons. The standard InChI is InChI=1S/C28H32N8O3/c1-19-6-5-7-20-18-24(28(37)29-25(19)20)26(27-30-31-32-35(27)22-8-3-2-4-9-22)34-16-14-33(15-17-34)21-10-12-23(13-11-21)36(38)39/h5-7,10-13,18,22,26H,2-4,8-9,14-17H2,1H3,(H,29,37)/t26-/m0/s1. The number of hydrogen-bond acceptors (Lipinski definition) is 8. The Labute approximate surface area is 225 Å². The maximum Gasteiger partial charge on any atom is 0.269 e. The Bertz CT molecular complexity index is 1530. The molecule has 4 aromatic rings. The van der Waals surface area contributed by atoms with E-state index in [0.717, 1.165) is 47.8 Å². The fourth-order valence-corrected chi connectivity index (χ4v) is 6.09. The van der Waals surface area contributed by atoms with Gasteiger partial charge in [0.1, 0.15) is 6.04 Å². The summed E-state index contributed by atoms with van der Waals surface area (Å²) in [5.41, 5.74) is 3.42. The Balaban J connectivity index is 1.35. The number of pyridine rings is 1. The van der Waals surface area contributed by atoms with Gasteiger partial charge in [-0.3, -0.25) is 19.8 Å². The third-order valence-corrected chi connectivity index (χ3v) is 8.20. The van der Waals surface area contributed by atoms with Gasteiger partial charge in [-0.05, 0) is 59.3 Å². The van der Waals surface area contributed by atoms with Gasteiger partial charge in [0, 0.05) is 49.6 Å². The first-order chi connectivity index (χ1) is 19.0. The molecule has 1 N–H and O–H groups in total. The van der Waals surface area contributed by atoms with Gasteiger partial charge >= 0.3 is 0 Å². The summed E-state index contributed by atoms with van der Waals surface area (Å²) < 4.78 is 1.96. The van der Waals surface area contributed by atoms with Crippen LogP contribution in [0.2, 0.25) is 0 Å². The van der Waals surface area contributed by atoms with E-state index in [9.17, 15) is 14.9 Å². The van der Waals surface area contributed by atoms with Gasteiger partial charge in [0.2, 0.25) is 0 Å². The number of rotatable bonds is 6. The minimum atomic E-state index is -0.394. The van der Waals surface area contributed by atoms with Crippen LogP contribution in [-0.4, -0.2) is 61.2 Å². The number of fused-ring (bicyclic) bond motifs is 1. The molecule has 1 saturated heterocycles. The Hall–Kier alpha value is -4.12. The molecule has 0 spiro atoms. The first-order valence-corrected chi connectivity index (χ1v) is 13.6. The number of nitrogens with one attached hydrogen (secondary N) is 1. The zero-order valence-corrected chi connectivity index (χ0v) is 22.0. The first kappa shape index (κ1) is 25.2. The summed E-state index contributed by atoms with van der Waals surface area (Å²) >= 11 is 0. The zero-order valence-electron chi connectivity index (χ0n) is 22.0. The van der Waals surface area contributed by atoms with Crippen LogP contribution in [0, 0.1) is 17.0 Å². The Morgan fingerprint density at radius 1 is 1.03 bits per heavy atom. The normalized spacial score (nSPS) is 17.9. The fourth-order valence-electron chi connectivity index (χ4n) is 6.09. The zero-order chi connectivity index (χ0) is 26.9. The highest BCUT2D eigenvalue weighted by atomic mass is 16.6. The summed E-state index contributed by atoms with van der Waals surface area (Å²) in [6.45, 7) is 4.79. The third kappa shape index (κ3) is 4.89. The van der Waals surface area contributed by atoms with E-state index in [2.05, 4.69) is 30.3 Å². The molecule has 2 aliphatic rings. The van der Waals surface area contributed by atoms with Crippen LogP contribution in [0.1, 0.15) is 61.1 Å². The van der Waals surface area contributed by atoms with Gasteiger partial charge in [0.25, 0.3) is 11.2 Å². The Morgan fingerprint density at radius 2 is 1.77 bits per heavy atom. The SMILES string of the molecule is Cc1cccc2cc([C@@H](c3nnnn3C3CCCCC3)N3CCN(c4ccc([N+](=O)[O-])cc4)CC3)c(=O)[nH]c12. The fraction of sp³-hybridized carbons (Fsp3) is 0.429. The van der Waals surface area contributed by atoms with Crippen molar-refractivity contribution < 1.29 is 4.92 Å². The molecule has 11 nitrogen and oxygen atoms in total. The first-order valence-electron chi connectivity index (χ1n) is 13.6. The number of benzene rings is 2. The van der Waals surface area contributed by atoms with Crippen LogP contribution in [0.4, 0.5) is 11.4 Å². The van der Waals surface area contributed by atoms with Crippen LogP contribution in [0.15, 0.2) is 53.3 Å². The van der Waals surface area contributed by atoms with E-state index in [-0.39, 0.29) is 22.2 Å². The molecule has 6 rings (SSSR count). The van der Waals surface area contributed by atoms with Gasteiger partial charge in [-0.15, -0.1) is 5.10 Å². The molecule has 202 valence electrons. The van der Waals surface area contributed by atoms with Gasteiger partial charge in [-0.25, -0.2) is 4.68 Å². The number of nitro groups is 1. The topological polar surface area (TPSA) is 126 Å². The lowest BCUT2D eigenvalue weighted by Crippen LogP contribution is -2.49. The quantitative estimate of drug-likeness (QED) is 0.292. The van der Waals surface area contributed by atoms with Gasteiger partial charge in [-0.2, -0.15) is 0 Å². The van der Waals surface area contributed by atoms with E-state index in [0.29, 0.717) is 37.6 Å². The van der Waals surface area contributed by atoms with Crippen molar-refractivity contribution in [1.29, 1.82) is 0 Å². The molecule has 39 heavy (non-hydrogen) atoms. The average Bonchev–Trinajstić information content (AvgIpc) is 3.44. The molecule has 1 aliphatic heterocycles. The highest BCUT2D eigenvalue weighted by Gasteiger charge is 2.34. The third-order valence-electron chi connectivity index (χ3n) is 8.20. The minimum absolute atomic E-state index is 0.0813. The molecule has 2 aromatic heterocycles. The van der Waals surface area contributed by atoms with Gasteiger partial charge in [0.05, 0.1) is 16.5 Å². The molecule has 3 heterocycles. The van der Waals surface area contributed by atoms with Crippen molar-refractivity contribution in [2.24, 2.45) is 0 Å². The lowest BCUT2D eigenvalue weighted by molar-refractivity contribution is -0.384. The van der Waals surface area contributed by atoms with Crippen LogP contribution < -0.4 is 10.5 Å². The summed E-state index contributed by atoms with van der Waals surface area (Å²) in [5.74, 6) is 0.711. The van der Waals surface area contributed by atoms with Crippen LogP contribution in [0.5, 0.6) is 0 Å². The predicted molar refractivity (Wildman–Crippen MR) is 148 cm³/mol. The highest BCUT2D eigenvalue weighted by Crippen LogP contribution is 2.34. The van der Waals surface area contributed by atoms with E-state index >= 15 is 0 Å². The van der Waals surface area contributed by atoms with E-state index in [4.69, 9.17) is 0 Å². The number of nitrogens with zero attached hydrogens (tertiary/aromatic N) is 7. The summed E-state index contributed by atoms with van der Waals surface area (Å²) in [6, 6.07) is 14.5. The van der Waals surface area contributed by atoms with Crippen molar-refractivity contribution in [3.05, 3.63) is 86.0 Å². The second kappa shape index (κ2) is 10.6. The number of tetrazole rings is 1. The van der Waals surface area contributed by atoms with Crippen molar-refractivity contribution >= 4 is 22.3 Å². The van der Waals surface area contributed by atoms with Crippen LogP contribution in [-0.2, 0) is 0 Å². The predicted octanol–water partition coefficient (Wildman–Crippen LogP) is 4.15. The Kier molecular flexibility index (Phi) is 6.82. The summed E-state index contributed by atoms with van der Waals surface area (Å²) in [5, 5.41) is 25.1. The number of anilines is 1. The maximum atomic E-state index is 13.6. The van der Waals surface area contributed by atoms with Crippen molar-refractivity contribution in [3.63, 3.8) is 0 Å². The lowest BCUT2D eigenvalue weighted by atomic mass is 9.95. The maximum absolute atomic E-state index is 13.6. The van der Waals surface area contributed by atoms with E-state index in [1.165, 1.54) is 6.42 Å². The largest absolute Gasteiger partial charge is 0.369 e. The summed E-state index contributed by atoms with van der Waals surface area (Å²) in [7, 11) is 0. The molecular weight excluding hydrogens is 496 g/mol. The van der Waals surface area contributed by atoms with Gasteiger partial charge < -0.3 is 9.88 Å². The molecule has 0 amide bonds. The average molecular weight is 529 g/mol. The number of hydrogen-bond donors (Lipinski definition) is 1. The van der Waals surface area contributed by atoms with Crippen molar-refractivity contribution in [3.8, 4) is 0 Å². The molecule has 1 aliphatic carbocycles. The summed E-state index contributed by atoms with van der Waals surface area (Å²) in [6.07, 6.45) is 5.60. The van der Waals surface area contributed by atoms with E-state index in [1.807, 2.05) is 35.9 Å². The van der Waals surface area contributed by atoms with Crippen molar-refractivity contribution in [2.75, 3.05) is 31.1 Å². The smallest absolute Gasteiger partial charge is 0.269 e. The number of piperazine rings is 1. The van der Waals surface area contributed by atoms with E-state index < -0.39 is 6.04 Å². The number of aromatic nitrogens is 5. The number of para-hydroxylation sites is 1. The molecule has 0 unspecified atom stereocenters. The van der Waals surface area contributed by atoms with Crippen LogP contribution >= 0.6 is 0 Å². The van der Waals surface area contributed by atoms with Crippen molar-refractivity contribution in [2.45, 2.75) is 51.1 Å². The molecule has 2 fully saturated rings.